The van der Waals surface area contributed by atoms with Gasteiger partial charge in [-0.05, 0) is 12.8 Å². The van der Waals surface area contributed by atoms with Crippen LogP contribution < -0.4 is 0 Å². The summed E-state index contributed by atoms with van der Waals surface area (Å²) < 4.78 is 0. The minimum absolute atomic E-state index is 0.0138. The fraction of sp³-hybridized carbons (Fsp3) is 0.700. The second kappa shape index (κ2) is 5.43. The van der Waals surface area contributed by atoms with E-state index in [2.05, 4.69) is 31.3 Å². The fourth-order valence-electron chi connectivity index (χ4n) is 2.21. The maximum absolute atomic E-state index is 12.2. The number of halogens is 1. The quantitative estimate of drug-likeness (QED) is 0.855. The smallest absolute Gasteiger partial charge is 0.276 e. The molecule has 1 aromatic heterocycles. The molecule has 0 aliphatic heterocycles. The molecule has 0 radical (unpaired) electrons. The first-order valence-corrected chi connectivity index (χ1v) is 6.68. The summed E-state index contributed by atoms with van der Waals surface area (Å²) >= 11 is 3.39. The number of carbonyl (C=O) groups excluding carboxylic acids is 1. The van der Waals surface area contributed by atoms with Gasteiger partial charge in [0.1, 0.15) is 0 Å². The highest BCUT2D eigenvalue weighted by Gasteiger charge is 2.27. The number of nitrogens with zero attached hydrogens (tertiary/aromatic N) is 3. The van der Waals surface area contributed by atoms with Crippen molar-refractivity contribution < 1.29 is 4.79 Å². The Bertz CT molecular complexity index is 335. The molecule has 1 saturated carbocycles. The number of amides is 1. The molecule has 1 aliphatic rings. The van der Waals surface area contributed by atoms with Crippen LogP contribution in [-0.4, -0.2) is 44.1 Å². The van der Waals surface area contributed by atoms with E-state index >= 15 is 0 Å². The lowest BCUT2D eigenvalue weighted by Crippen LogP contribution is -2.40. The predicted molar refractivity (Wildman–Crippen MR) is 63.5 cm³/mol. The van der Waals surface area contributed by atoms with Gasteiger partial charge in [0, 0.05) is 17.9 Å². The highest BCUT2D eigenvalue weighted by Crippen LogP contribution is 2.24. The number of alkyl halides is 1. The monoisotopic (exact) mass is 286 g/mol. The molecular formula is C10H15BrN4O. The third-order valence-corrected chi connectivity index (χ3v) is 3.34. The Hall–Kier alpha value is -0.910. The lowest BCUT2D eigenvalue weighted by Gasteiger charge is -2.27. The average Bonchev–Trinajstić information content (AvgIpc) is 2.96. The van der Waals surface area contributed by atoms with Gasteiger partial charge in [0.15, 0.2) is 5.69 Å². The molecule has 2 rings (SSSR count). The predicted octanol–water partition coefficient (Wildman–Crippen LogP) is 1.58. The van der Waals surface area contributed by atoms with Crippen molar-refractivity contribution in [2.45, 2.75) is 31.7 Å². The van der Waals surface area contributed by atoms with Gasteiger partial charge in [-0.25, -0.2) is 0 Å². The Morgan fingerprint density at radius 3 is 2.88 bits per heavy atom. The normalized spacial score (nSPS) is 16.6. The van der Waals surface area contributed by atoms with Crippen LogP contribution in [-0.2, 0) is 0 Å². The first-order chi connectivity index (χ1) is 7.83. The minimum atomic E-state index is -0.0138. The Balaban J connectivity index is 2.09. The lowest BCUT2D eigenvalue weighted by atomic mass is 10.2. The van der Waals surface area contributed by atoms with Crippen molar-refractivity contribution in [2.75, 3.05) is 11.9 Å². The second-order valence-corrected chi connectivity index (χ2v) is 4.77. The van der Waals surface area contributed by atoms with Gasteiger partial charge in [-0.3, -0.25) is 4.79 Å². The van der Waals surface area contributed by atoms with E-state index in [4.69, 9.17) is 0 Å². The molecule has 1 aliphatic carbocycles. The van der Waals surface area contributed by atoms with E-state index in [9.17, 15) is 4.79 Å². The number of rotatable bonds is 4. The largest absolute Gasteiger partial charge is 0.333 e. The van der Waals surface area contributed by atoms with Gasteiger partial charge in [-0.1, -0.05) is 28.8 Å². The summed E-state index contributed by atoms with van der Waals surface area (Å²) in [5.41, 5.74) is 0.410. The van der Waals surface area contributed by atoms with E-state index < -0.39 is 0 Å². The number of aromatic nitrogens is 3. The number of aromatic amines is 1. The summed E-state index contributed by atoms with van der Waals surface area (Å²) in [6.07, 6.45) is 6.14. The molecule has 16 heavy (non-hydrogen) atoms. The van der Waals surface area contributed by atoms with Crippen molar-refractivity contribution in [3.8, 4) is 0 Å². The molecule has 1 N–H and O–H groups in total. The van der Waals surface area contributed by atoms with Crippen LogP contribution in [0.2, 0.25) is 0 Å². The van der Waals surface area contributed by atoms with E-state index in [1.165, 1.54) is 19.0 Å². The van der Waals surface area contributed by atoms with Crippen molar-refractivity contribution in [2.24, 2.45) is 0 Å². The summed E-state index contributed by atoms with van der Waals surface area (Å²) in [6, 6.07) is 0.377. The zero-order valence-corrected chi connectivity index (χ0v) is 10.6. The van der Waals surface area contributed by atoms with Crippen LogP contribution >= 0.6 is 15.9 Å². The maximum atomic E-state index is 12.2. The van der Waals surface area contributed by atoms with E-state index in [1.807, 2.05) is 4.90 Å². The average molecular weight is 287 g/mol. The summed E-state index contributed by atoms with van der Waals surface area (Å²) in [5, 5.41) is 10.8. The van der Waals surface area contributed by atoms with Crippen molar-refractivity contribution in [3.05, 3.63) is 11.9 Å². The SMILES string of the molecule is O=C(c1cn[nH]n1)N(CCBr)C1CCCC1. The molecular weight excluding hydrogens is 272 g/mol. The van der Waals surface area contributed by atoms with Crippen LogP contribution in [0.4, 0.5) is 0 Å². The van der Waals surface area contributed by atoms with Crippen LogP contribution in [0, 0.1) is 0 Å². The number of nitrogens with one attached hydrogen (secondary N) is 1. The van der Waals surface area contributed by atoms with Gasteiger partial charge < -0.3 is 4.90 Å². The van der Waals surface area contributed by atoms with E-state index in [-0.39, 0.29) is 5.91 Å². The summed E-state index contributed by atoms with van der Waals surface area (Å²) in [7, 11) is 0. The molecule has 1 fully saturated rings. The van der Waals surface area contributed by atoms with Crippen LogP contribution in [0.15, 0.2) is 6.20 Å². The number of H-pyrrole nitrogens is 1. The van der Waals surface area contributed by atoms with Crippen LogP contribution in [0.5, 0.6) is 0 Å². The summed E-state index contributed by atoms with van der Waals surface area (Å²) in [5.74, 6) is -0.0138. The van der Waals surface area contributed by atoms with Gasteiger partial charge in [0.05, 0.1) is 6.20 Å². The molecule has 1 heterocycles. The fourth-order valence-corrected chi connectivity index (χ4v) is 2.59. The van der Waals surface area contributed by atoms with Gasteiger partial charge in [-0.2, -0.15) is 15.4 Å². The zero-order chi connectivity index (χ0) is 11.4. The Morgan fingerprint density at radius 2 is 2.31 bits per heavy atom. The Morgan fingerprint density at radius 1 is 1.56 bits per heavy atom. The van der Waals surface area contributed by atoms with Gasteiger partial charge >= 0.3 is 0 Å². The highest BCUT2D eigenvalue weighted by molar-refractivity contribution is 9.09. The molecule has 6 heteroatoms. The minimum Gasteiger partial charge on any atom is -0.333 e. The number of hydrogen-bond donors (Lipinski definition) is 1. The second-order valence-electron chi connectivity index (χ2n) is 3.98. The van der Waals surface area contributed by atoms with Crippen molar-refractivity contribution in [1.29, 1.82) is 0 Å². The van der Waals surface area contributed by atoms with Gasteiger partial charge in [0.2, 0.25) is 0 Å². The Kier molecular flexibility index (Phi) is 3.93. The molecule has 0 atom stereocenters. The van der Waals surface area contributed by atoms with Crippen LogP contribution in [0.3, 0.4) is 0 Å². The molecule has 0 saturated heterocycles. The summed E-state index contributed by atoms with van der Waals surface area (Å²) in [6.45, 7) is 0.732. The first kappa shape index (κ1) is 11.6. The van der Waals surface area contributed by atoms with Crippen molar-refractivity contribution in [1.82, 2.24) is 20.3 Å². The molecule has 1 aromatic rings. The van der Waals surface area contributed by atoms with Crippen LogP contribution in [0.1, 0.15) is 36.2 Å². The number of hydrogen-bond acceptors (Lipinski definition) is 3. The summed E-state index contributed by atoms with van der Waals surface area (Å²) in [4.78, 5) is 14.1. The highest BCUT2D eigenvalue weighted by atomic mass is 79.9. The zero-order valence-electron chi connectivity index (χ0n) is 9.03. The topological polar surface area (TPSA) is 61.9 Å². The van der Waals surface area contributed by atoms with Crippen molar-refractivity contribution in [3.63, 3.8) is 0 Å². The number of carbonyl (C=O) groups is 1. The molecule has 0 spiro atoms. The van der Waals surface area contributed by atoms with E-state index in [1.54, 1.807) is 0 Å². The van der Waals surface area contributed by atoms with Gasteiger partial charge in [-0.15, -0.1) is 0 Å². The first-order valence-electron chi connectivity index (χ1n) is 5.55. The van der Waals surface area contributed by atoms with Gasteiger partial charge in [0.25, 0.3) is 5.91 Å². The van der Waals surface area contributed by atoms with E-state index in [0.29, 0.717) is 11.7 Å². The molecule has 5 nitrogen and oxygen atoms in total. The van der Waals surface area contributed by atoms with Crippen LogP contribution in [0.25, 0.3) is 0 Å². The molecule has 0 aromatic carbocycles. The lowest BCUT2D eigenvalue weighted by molar-refractivity contribution is 0.0690. The van der Waals surface area contributed by atoms with Crippen molar-refractivity contribution >= 4 is 21.8 Å². The molecule has 0 unspecified atom stereocenters. The molecule has 0 bridgehead atoms. The maximum Gasteiger partial charge on any atom is 0.276 e. The van der Waals surface area contributed by atoms with E-state index in [0.717, 1.165) is 24.7 Å². The molecule has 1 amide bonds. The Labute approximate surface area is 103 Å². The standard InChI is InChI=1S/C10H15BrN4O/c11-5-6-15(8-3-1-2-4-8)10(16)9-7-12-14-13-9/h7-8H,1-6H2,(H,12,13,14). The molecule has 88 valence electrons. The third-order valence-electron chi connectivity index (χ3n) is 2.99. The third kappa shape index (κ3) is 2.42.